The molecular weight excluding hydrogens is 536 g/mol. The van der Waals surface area contributed by atoms with E-state index in [1.807, 2.05) is 30.3 Å². The highest BCUT2D eigenvalue weighted by Gasteiger charge is 2.50. The number of alkyl halides is 2. The molecule has 212 valence electrons. The molecule has 2 amide bonds. The van der Waals surface area contributed by atoms with Gasteiger partial charge >= 0.3 is 6.61 Å². The molecule has 0 unspecified atom stereocenters. The number of benzene rings is 1. The van der Waals surface area contributed by atoms with Crippen molar-refractivity contribution >= 4 is 34.7 Å². The molecule has 1 aliphatic heterocycles. The molecule has 2 N–H and O–H groups in total. The lowest BCUT2D eigenvalue weighted by Crippen LogP contribution is -2.51. The average Bonchev–Trinajstić information content (AvgIpc) is 3.50. The number of ether oxygens (including phenoxy) is 3. The summed E-state index contributed by atoms with van der Waals surface area (Å²) in [6.45, 7) is -0.608. The first-order chi connectivity index (χ1) is 18.5. The Bertz CT molecular complexity index is 1160. The molecule has 0 aliphatic carbocycles. The molecule has 10 nitrogen and oxygen atoms in total. The third-order valence-electron chi connectivity index (χ3n) is 6.13. The molecule has 0 saturated carbocycles. The summed E-state index contributed by atoms with van der Waals surface area (Å²) in [4.78, 5) is 56.2. The lowest BCUT2D eigenvalue weighted by atomic mass is 9.93. The predicted molar refractivity (Wildman–Crippen MR) is 136 cm³/mol. The largest absolute Gasteiger partial charge is 0.384 e. The minimum atomic E-state index is -3.17. The van der Waals surface area contributed by atoms with Gasteiger partial charge in [0.05, 0.1) is 43.0 Å². The molecule has 39 heavy (non-hydrogen) atoms. The van der Waals surface area contributed by atoms with Crippen LogP contribution < -0.4 is 10.6 Å². The summed E-state index contributed by atoms with van der Waals surface area (Å²) < 4.78 is 40.2. The van der Waals surface area contributed by atoms with Gasteiger partial charge in [-0.15, -0.1) is 11.3 Å². The van der Waals surface area contributed by atoms with Gasteiger partial charge in [-0.3, -0.25) is 19.2 Å². The van der Waals surface area contributed by atoms with Crippen LogP contribution in [0.4, 0.5) is 8.78 Å². The average molecular weight is 568 g/mol. The monoisotopic (exact) mass is 567 g/mol. The summed E-state index contributed by atoms with van der Waals surface area (Å²) >= 11 is 1.07. The number of hydrogen-bond donors (Lipinski definition) is 2. The summed E-state index contributed by atoms with van der Waals surface area (Å²) in [5.74, 6) is -3.42. The number of carbonyl (C=O) groups excluding carboxylic acids is 4. The maximum absolute atomic E-state index is 13.3. The first-order valence-electron chi connectivity index (χ1n) is 12.2. The minimum absolute atomic E-state index is 0.187. The molecule has 1 saturated heterocycles. The Morgan fingerprint density at radius 1 is 1.13 bits per heavy atom. The number of nitrogens with zero attached hydrogens (tertiary/aromatic N) is 1. The van der Waals surface area contributed by atoms with E-state index in [4.69, 9.17) is 9.47 Å². The molecule has 13 heteroatoms. The van der Waals surface area contributed by atoms with E-state index in [1.54, 1.807) is 13.8 Å². The lowest BCUT2D eigenvalue weighted by Gasteiger charge is -2.24. The van der Waals surface area contributed by atoms with Crippen LogP contribution in [0.5, 0.6) is 0 Å². The van der Waals surface area contributed by atoms with Crippen LogP contribution in [0, 0.1) is 12.8 Å². The molecule has 4 atom stereocenters. The highest BCUT2D eigenvalue weighted by atomic mass is 32.1. The first kappa shape index (κ1) is 30.4. The zero-order valence-electron chi connectivity index (χ0n) is 21.8. The van der Waals surface area contributed by atoms with Gasteiger partial charge in [0.25, 0.3) is 5.91 Å². The second-order valence-corrected chi connectivity index (χ2v) is 10.6. The molecule has 0 radical (unpaired) electrons. The van der Waals surface area contributed by atoms with Crippen LogP contribution in [-0.2, 0) is 35.0 Å². The second-order valence-electron chi connectivity index (χ2n) is 9.32. The van der Waals surface area contributed by atoms with Crippen molar-refractivity contribution in [3.63, 3.8) is 0 Å². The number of epoxide rings is 1. The summed E-state index contributed by atoms with van der Waals surface area (Å²) in [5.41, 5.74) is -0.193. The Morgan fingerprint density at radius 2 is 1.82 bits per heavy atom. The van der Waals surface area contributed by atoms with E-state index in [0.29, 0.717) is 5.01 Å². The van der Waals surface area contributed by atoms with Gasteiger partial charge in [-0.1, -0.05) is 30.3 Å². The highest BCUT2D eigenvalue weighted by molar-refractivity contribution is 7.13. The number of halogens is 2. The predicted octanol–water partition coefficient (Wildman–Crippen LogP) is 2.10. The number of rotatable bonds is 16. The number of amides is 2. The Kier molecular flexibility index (Phi) is 10.7. The molecule has 1 aromatic heterocycles. The Morgan fingerprint density at radius 3 is 2.38 bits per heavy atom. The number of ketones is 2. The van der Waals surface area contributed by atoms with Crippen molar-refractivity contribution in [2.75, 3.05) is 26.9 Å². The topological polar surface area (TPSA) is 136 Å². The number of nitrogens with one attached hydrogen (secondary N) is 2. The highest BCUT2D eigenvalue weighted by Crippen LogP contribution is 2.29. The van der Waals surface area contributed by atoms with E-state index in [0.717, 1.165) is 16.9 Å². The van der Waals surface area contributed by atoms with E-state index in [-0.39, 0.29) is 30.3 Å². The number of hydrogen-bond acceptors (Lipinski definition) is 9. The summed E-state index contributed by atoms with van der Waals surface area (Å²) in [6.07, 6.45) is 1.05. The minimum Gasteiger partial charge on any atom is -0.384 e. The molecule has 3 rings (SSSR count). The van der Waals surface area contributed by atoms with Gasteiger partial charge < -0.3 is 24.8 Å². The SMILES string of the molecule is COC[C@H](CC(=O)[C@H](COC(F)F)NC(=O)c1cnc(C)s1)C(=O)N[C@@H](Cc1ccccc1)C(=O)[C@@]1(C)CO1. The summed E-state index contributed by atoms with van der Waals surface area (Å²) in [5, 5.41) is 5.71. The molecule has 0 bridgehead atoms. The number of methoxy groups -OCH3 is 1. The number of aryl methyl sites for hydroxylation is 1. The van der Waals surface area contributed by atoms with Crippen molar-refractivity contribution in [3.05, 3.63) is 52.0 Å². The fraction of sp³-hybridized carbons (Fsp3) is 0.500. The van der Waals surface area contributed by atoms with E-state index < -0.39 is 60.8 Å². The van der Waals surface area contributed by atoms with Gasteiger partial charge in [0.2, 0.25) is 5.91 Å². The van der Waals surface area contributed by atoms with E-state index >= 15 is 0 Å². The second kappa shape index (κ2) is 13.8. The van der Waals surface area contributed by atoms with Crippen molar-refractivity contribution in [3.8, 4) is 0 Å². The third-order valence-corrected chi connectivity index (χ3v) is 7.04. The number of thiazole rings is 1. The zero-order chi connectivity index (χ0) is 28.6. The van der Waals surface area contributed by atoms with Crippen molar-refractivity contribution in [1.82, 2.24) is 15.6 Å². The normalized spacial score (nSPS) is 18.7. The quantitative estimate of drug-likeness (QED) is 0.295. The van der Waals surface area contributed by atoms with Crippen molar-refractivity contribution in [2.45, 2.75) is 51.0 Å². The van der Waals surface area contributed by atoms with Gasteiger partial charge in [0, 0.05) is 13.5 Å². The summed E-state index contributed by atoms with van der Waals surface area (Å²) in [7, 11) is 1.34. The Hall–Kier alpha value is -3.13. The van der Waals surface area contributed by atoms with E-state index in [1.165, 1.54) is 13.3 Å². The van der Waals surface area contributed by atoms with Crippen molar-refractivity contribution in [2.24, 2.45) is 5.92 Å². The van der Waals surface area contributed by atoms with Gasteiger partial charge in [0.15, 0.2) is 11.6 Å². The van der Waals surface area contributed by atoms with Gasteiger partial charge in [-0.2, -0.15) is 8.78 Å². The van der Waals surface area contributed by atoms with Gasteiger partial charge in [0.1, 0.15) is 16.5 Å². The van der Waals surface area contributed by atoms with Crippen molar-refractivity contribution < 1.29 is 42.2 Å². The van der Waals surface area contributed by atoms with Crippen LogP contribution in [0.1, 0.15) is 33.6 Å². The number of carbonyl (C=O) groups is 4. The Labute approximate surface area is 228 Å². The fourth-order valence-corrected chi connectivity index (χ4v) is 4.54. The standard InChI is InChI=1S/C26H31F2N3O7S/c1-15-29-11-21(39-15)24(35)31-19(13-37-25(27)28)20(32)10-17(12-36-3)23(34)30-18(22(33)26(2)14-38-26)9-16-7-5-4-6-8-16/h4-8,11,17-19,25H,9-10,12-14H2,1-3H3,(H,30,34)(H,31,35)/t17-,18-,19-,26+/m0/s1. The molecule has 0 spiro atoms. The van der Waals surface area contributed by atoms with E-state index in [2.05, 4.69) is 20.4 Å². The van der Waals surface area contributed by atoms with Gasteiger partial charge in [-0.05, 0) is 25.8 Å². The lowest BCUT2D eigenvalue weighted by molar-refractivity contribution is -0.144. The number of aromatic nitrogens is 1. The molecule has 2 aromatic rings. The maximum atomic E-state index is 13.3. The van der Waals surface area contributed by atoms with Crippen molar-refractivity contribution in [1.29, 1.82) is 0 Å². The van der Waals surface area contributed by atoms with Crippen LogP contribution in [-0.4, -0.2) is 79.6 Å². The van der Waals surface area contributed by atoms with E-state index in [9.17, 15) is 28.0 Å². The fourth-order valence-electron chi connectivity index (χ4n) is 3.86. The first-order valence-corrected chi connectivity index (χ1v) is 13.0. The smallest absolute Gasteiger partial charge is 0.345 e. The zero-order valence-corrected chi connectivity index (χ0v) is 22.6. The third kappa shape index (κ3) is 8.95. The molecule has 1 aliphatic rings. The number of Topliss-reactive ketones (excluding diaryl/α,β-unsaturated/α-hetero) is 2. The van der Waals surface area contributed by atoms with Crippen LogP contribution in [0.3, 0.4) is 0 Å². The van der Waals surface area contributed by atoms with Crippen LogP contribution in [0.25, 0.3) is 0 Å². The van der Waals surface area contributed by atoms with Crippen LogP contribution >= 0.6 is 11.3 Å². The maximum Gasteiger partial charge on any atom is 0.345 e. The molecule has 1 aromatic carbocycles. The molecule has 1 fully saturated rings. The van der Waals surface area contributed by atoms with Crippen LogP contribution in [0.2, 0.25) is 0 Å². The van der Waals surface area contributed by atoms with Crippen LogP contribution in [0.15, 0.2) is 36.5 Å². The molecule has 2 heterocycles. The molecular formula is C26H31F2N3O7S. The van der Waals surface area contributed by atoms with Gasteiger partial charge in [-0.25, -0.2) is 4.98 Å². The Balaban J connectivity index is 1.73. The summed E-state index contributed by atoms with van der Waals surface area (Å²) in [6, 6.07) is 6.69.